The summed E-state index contributed by atoms with van der Waals surface area (Å²) in [4.78, 5) is 0. The molecule has 0 unspecified atom stereocenters. The summed E-state index contributed by atoms with van der Waals surface area (Å²) >= 11 is 0. The Hall–Kier alpha value is -0.980. The van der Waals surface area contributed by atoms with Gasteiger partial charge in [-0.25, -0.2) is 0 Å². The maximum atomic E-state index is 3.49. The van der Waals surface area contributed by atoms with Gasteiger partial charge >= 0.3 is 0 Å². The highest BCUT2D eigenvalue weighted by atomic mass is 14.9. The third kappa shape index (κ3) is 1.69. The van der Waals surface area contributed by atoms with E-state index in [-0.39, 0.29) is 0 Å². The maximum absolute atomic E-state index is 3.49. The Morgan fingerprint density at radius 2 is 2.08 bits per heavy atom. The second kappa shape index (κ2) is 2.76. The standard InChI is InChI=1S/C12H17N/c1-9-4-5-10-7-12(2,3)8-13-11(10)6-9/h4-6,13H,7-8H2,1-3H3. The molecule has 1 aromatic rings. The van der Waals surface area contributed by atoms with E-state index in [1.165, 1.54) is 23.2 Å². The Labute approximate surface area is 80.2 Å². The molecule has 0 saturated carbocycles. The predicted molar refractivity (Wildman–Crippen MR) is 57.2 cm³/mol. The molecule has 0 spiro atoms. The minimum absolute atomic E-state index is 0.405. The SMILES string of the molecule is Cc1ccc2c(c1)NCC(C)(C)C2. The van der Waals surface area contributed by atoms with Gasteiger partial charge in [0.15, 0.2) is 0 Å². The van der Waals surface area contributed by atoms with Crippen LogP contribution in [0.1, 0.15) is 25.0 Å². The van der Waals surface area contributed by atoms with Crippen molar-refractivity contribution in [1.29, 1.82) is 0 Å². The fourth-order valence-corrected chi connectivity index (χ4v) is 1.92. The second-order valence-electron chi connectivity index (χ2n) is 4.86. The first-order valence-corrected chi connectivity index (χ1v) is 4.90. The molecular formula is C12H17N. The minimum atomic E-state index is 0.405. The smallest absolute Gasteiger partial charge is 0.0375 e. The van der Waals surface area contributed by atoms with Crippen LogP contribution < -0.4 is 5.32 Å². The van der Waals surface area contributed by atoms with Gasteiger partial charge in [-0.05, 0) is 36.0 Å². The largest absolute Gasteiger partial charge is 0.384 e. The van der Waals surface area contributed by atoms with Crippen molar-refractivity contribution in [3.05, 3.63) is 29.3 Å². The molecule has 70 valence electrons. The Morgan fingerprint density at radius 1 is 1.31 bits per heavy atom. The van der Waals surface area contributed by atoms with Crippen molar-refractivity contribution >= 4 is 5.69 Å². The fourth-order valence-electron chi connectivity index (χ4n) is 1.92. The van der Waals surface area contributed by atoms with Crippen LogP contribution in [-0.2, 0) is 6.42 Å². The van der Waals surface area contributed by atoms with E-state index in [4.69, 9.17) is 0 Å². The molecule has 13 heavy (non-hydrogen) atoms. The average molecular weight is 175 g/mol. The van der Waals surface area contributed by atoms with E-state index in [0.717, 1.165) is 6.54 Å². The molecule has 1 nitrogen and oxygen atoms in total. The van der Waals surface area contributed by atoms with E-state index in [1.54, 1.807) is 0 Å². The van der Waals surface area contributed by atoms with Crippen LogP contribution >= 0.6 is 0 Å². The Balaban J connectivity index is 2.37. The summed E-state index contributed by atoms with van der Waals surface area (Å²) < 4.78 is 0. The van der Waals surface area contributed by atoms with E-state index in [9.17, 15) is 0 Å². The summed E-state index contributed by atoms with van der Waals surface area (Å²) in [5.74, 6) is 0. The number of hydrogen-bond donors (Lipinski definition) is 1. The number of anilines is 1. The van der Waals surface area contributed by atoms with Crippen LogP contribution in [0.25, 0.3) is 0 Å². The average Bonchev–Trinajstić information content (AvgIpc) is 2.05. The van der Waals surface area contributed by atoms with Gasteiger partial charge in [-0.3, -0.25) is 0 Å². The third-order valence-electron chi connectivity index (χ3n) is 2.69. The van der Waals surface area contributed by atoms with Crippen molar-refractivity contribution in [1.82, 2.24) is 0 Å². The molecule has 1 aliphatic heterocycles. The van der Waals surface area contributed by atoms with Crippen LogP contribution in [0.3, 0.4) is 0 Å². The molecule has 0 bridgehead atoms. The minimum Gasteiger partial charge on any atom is -0.384 e. The normalized spacial score (nSPS) is 19.0. The highest BCUT2D eigenvalue weighted by Gasteiger charge is 2.24. The van der Waals surface area contributed by atoms with Crippen LogP contribution in [0.5, 0.6) is 0 Å². The summed E-state index contributed by atoms with van der Waals surface area (Å²) in [5.41, 5.74) is 4.54. The molecule has 1 aromatic carbocycles. The van der Waals surface area contributed by atoms with E-state index < -0.39 is 0 Å². The Morgan fingerprint density at radius 3 is 2.85 bits per heavy atom. The lowest BCUT2D eigenvalue weighted by Crippen LogP contribution is -2.30. The van der Waals surface area contributed by atoms with Gasteiger partial charge in [-0.2, -0.15) is 0 Å². The van der Waals surface area contributed by atoms with E-state index in [1.807, 2.05) is 0 Å². The Bertz CT molecular complexity index is 326. The van der Waals surface area contributed by atoms with Crippen molar-refractivity contribution in [3.63, 3.8) is 0 Å². The molecule has 0 amide bonds. The maximum Gasteiger partial charge on any atom is 0.0375 e. The van der Waals surface area contributed by atoms with Crippen LogP contribution in [0.2, 0.25) is 0 Å². The van der Waals surface area contributed by atoms with Crippen LogP contribution in [0.15, 0.2) is 18.2 Å². The number of benzene rings is 1. The lowest BCUT2D eigenvalue weighted by atomic mass is 9.82. The zero-order valence-corrected chi connectivity index (χ0v) is 8.65. The molecule has 0 saturated heterocycles. The lowest BCUT2D eigenvalue weighted by molar-refractivity contribution is 0.379. The third-order valence-corrected chi connectivity index (χ3v) is 2.69. The van der Waals surface area contributed by atoms with Gasteiger partial charge in [-0.15, -0.1) is 0 Å². The summed E-state index contributed by atoms with van der Waals surface area (Å²) in [6, 6.07) is 6.69. The highest BCUT2D eigenvalue weighted by Crippen LogP contribution is 2.32. The van der Waals surface area contributed by atoms with E-state index in [2.05, 4.69) is 44.3 Å². The summed E-state index contributed by atoms with van der Waals surface area (Å²) in [7, 11) is 0. The Kier molecular flexibility index (Phi) is 1.83. The van der Waals surface area contributed by atoms with Crippen molar-refractivity contribution in [2.45, 2.75) is 27.2 Å². The van der Waals surface area contributed by atoms with E-state index >= 15 is 0 Å². The van der Waals surface area contributed by atoms with Gasteiger partial charge < -0.3 is 5.32 Å². The van der Waals surface area contributed by atoms with Crippen LogP contribution in [0.4, 0.5) is 5.69 Å². The van der Waals surface area contributed by atoms with Gasteiger partial charge in [0.2, 0.25) is 0 Å². The molecule has 0 fully saturated rings. The molecule has 0 aromatic heterocycles. The van der Waals surface area contributed by atoms with Crippen molar-refractivity contribution in [2.75, 3.05) is 11.9 Å². The quantitative estimate of drug-likeness (QED) is 0.639. The molecule has 0 aliphatic carbocycles. The van der Waals surface area contributed by atoms with Gasteiger partial charge in [0.05, 0.1) is 0 Å². The topological polar surface area (TPSA) is 12.0 Å². The lowest BCUT2D eigenvalue weighted by Gasteiger charge is -2.32. The number of nitrogens with one attached hydrogen (secondary N) is 1. The highest BCUT2D eigenvalue weighted by molar-refractivity contribution is 5.55. The second-order valence-corrected chi connectivity index (χ2v) is 4.86. The zero-order chi connectivity index (χ0) is 9.47. The molecule has 1 aliphatic rings. The molecule has 0 radical (unpaired) electrons. The number of aryl methyl sites for hydroxylation is 1. The van der Waals surface area contributed by atoms with Crippen molar-refractivity contribution < 1.29 is 0 Å². The fraction of sp³-hybridized carbons (Fsp3) is 0.500. The van der Waals surface area contributed by atoms with Gasteiger partial charge in [0, 0.05) is 12.2 Å². The number of rotatable bonds is 0. The first-order chi connectivity index (χ1) is 6.07. The molecule has 2 rings (SSSR count). The van der Waals surface area contributed by atoms with Crippen molar-refractivity contribution in [3.8, 4) is 0 Å². The molecule has 1 heteroatoms. The van der Waals surface area contributed by atoms with Crippen molar-refractivity contribution in [2.24, 2.45) is 5.41 Å². The van der Waals surface area contributed by atoms with E-state index in [0.29, 0.717) is 5.41 Å². The molecule has 1 N–H and O–H groups in total. The van der Waals surface area contributed by atoms with Crippen LogP contribution in [0, 0.1) is 12.3 Å². The number of fused-ring (bicyclic) bond motifs is 1. The van der Waals surface area contributed by atoms with Gasteiger partial charge in [0.1, 0.15) is 0 Å². The zero-order valence-electron chi connectivity index (χ0n) is 8.65. The summed E-state index contributed by atoms with van der Waals surface area (Å²) in [5, 5.41) is 3.49. The molecule has 0 atom stereocenters. The van der Waals surface area contributed by atoms with Gasteiger partial charge in [0.25, 0.3) is 0 Å². The molecule has 1 heterocycles. The summed E-state index contributed by atoms with van der Waals surface area (Å²) in [6.45, 7) is 7.84. The van der Waals surface area contributed by atoms with Gasteiger partial charge in [-0.1, -0.05) is 26.0 Å². The predicted octanol–water partition coefficient (Wildman–Crippen LogP) is 2.99. The first kappa shape index (κ1) is 8.61. The van der Waals surface area contributed by atoms with Crippen LogP contribution in [-0.4, -0.2) is 6.54 Å². The molecular weight excluding hydrogens is 158 g/mol. The first-order valence-electron chi connectivity index (χ1n) is 4.90. The summed E-state index contributed by atoms with van der Waals surface area (Å²) in [6.07, 6.45) is 1.19. The monoisotopic (exact) mass is 175 g/mol. The number of hydrogen-bond acceptors (Lipinski definition) is 1.